The van der Waals surface area contributed by atoms with Gasteiger partial charge in [0.1, 0.15) is 6.10 Å². The van der Waals surface area contributed by atoms with E-state index >= 15 is 0 Å². The minimum Gasteiger partial charge on any atom is -0.396 e. The molecule has 11 heavy (non-hydrogen) atoms. The van der Waals surface area contributed by atoms with Gasteiger partial charge >= 0.3 is 0 Å². The van der Waals surface area contributed by atoms with E-state index in [0.717, 1.165) is 0 Å². The van der Waals surface area contributed by atoms with Crippen molar-refractivity contribution in [2.75, 3.05) is 6.61 Å². The van der Waals surface area contributed by atoms with Gasteiger partial charge in [-0.25, -0.2) is 0 Å². The van der Waals surface area contributed by atoms with Crippen LogP contribution in [0.2, 0.25) is 0 Å². The van der Waals surface area contributed by atoms with E-state index in [1.165, 1.54) is 0 Å². The molecule has 2 nitrogen and oxygen atoms in total. The maximum absolute atomic E-state index is 8.67. The largest absolute Gasteiger partial charge is 0.396 e. The van der Waals surface area contributed by atoms with Crippen molar-refractivity contribution in [1.29, 1.82) is 0 Å². The fourth-order valence-electron chi connectivity index (χ4n) is 0.415. The number of aliphatic hydroxyl groups is 2. The Labute approximate surface area is 67.2 Å². The second-order valence-corrected chi connectivity index (χ2v) is 2.07. The lowest BCUT2D eigenvalue weighted by molar-refractivity contribution is 0.253. The normalized spacial score (nSPS) is 10.5. The van der Waals surface area contributed by atoms with Crippen molar-refractivity contribution in [3.63, 3.8) is 0 Å². The van der Waals surface area contributed by atoms with E-state index < -0.39 is 6.10 Å². The number of rotatable bonds is 2. The summed E-state index contributed by atoms with van der Waals surface area (Å²) >= 11 is 0. The second-order valence-electron chi connectivity index (χ2n) is 2.07. The van der Waals surface area contributed by atoms with Crippen LogP contribution in [0.4, 0.5) is 0 Å². The summed E-state index contributed by atoms with van der Waals surface area (Å²) in [5, 5.41) is 17.0. The molecule has 0 heterocycles. The zero-order chi connectivity index (χ0) is 8.53. The Hall–Kier alpha value is -0.960. The van der Waals surface area contributed by atoms with E-state index in [9.17, 15) is 0 Å². The Morgan fingerprint density at radius 2 is 2.09 bits per heavy atom. The van der Waals surface area contributed by atoms with Crippen molar-refractivity contribution in [1.82, 2.24) is 0 Å². The van der Waals surface area contributed by atoms with Gasteiger partial charge in [-0.2, -0.15) is 0 Å². The maximum atomic E-state index is 8.67. The van der Waals surface area contributed by atoms with Crippen LogP contribution in [0.25, 0.3) is 0 Å². The van der Waals surface area contributed by atoms with Gasteiger partial charge in [0.25, 0.3) is 0 Å². The molecule has 0 aromatic heterocycles. The molecule has 0 aromatic rings. The highest BCUT2D eigenvalue weighted by molar-refractivity contribution is 5.26. The number of hydrogen-bond acceptors (Lipinski definition) is 2. The summed E-state index contributed by atoms with van der Waals surface area (Å²) in [7, 11) is 0. The fraction of sp³-hybridized carbons (Fsp3) is 0.556. The summed E-state index contributed by atoms with van der Waals surface area (Å²) in [6.07, 6.45) is 0.732. The first-order valence-electron chi connectivity index (χ1n) is 3.54. The molecule has 0 aromatic carbocycles. The first-order valence-corrected chi connectivity index (χ1v) is 3.54. The first kappa shape index (κ1) is 10.0. The number of hydrogen-bond donors (Lipinski definition) is 2. The molecule has 0 rings (SSSR count). The van der Waals surface area contributed by atoms with Crippen LogP contribution >= 0.6 is 0 Å². The highest BCUT2D eigenvalue weighted by Crippen LogP contribution is 1.81. The number of aliphatic hydroxyl groups excluding tert-OH is 2. The molecule has 0 aliphatic heterocycles. The number of unbranched alkanes of at least 4 members (excludes halogenated alkanes) is 1. The van der Waals surface area contributed by atoms with Crippen molar-refractivity contribution in [3.8, 4) is 23.7 Å². The molecule has 0 radical (unpaired) electrons. The zero-order valence-corrected chi connectivity index (χ0v) is 6.59. The quantitative estimate of drug-likeness (QED) is 0.436. The minimum atomic E-state index is -0.609. The lowest BCUT2D eigenvalue weighted by atomic mass is 10.3. The third-order valence-corrected chi connectivity index (χ3v) is 0.892. The molecule has 1 unspecified atom stereocenters. The SMILES string of the molecule is CC(O)C#CC#CCCCO. The molecule has 0 bridgehead atoms. The molecular formula is C9H12O2. The molecule has 0 spiro atoms. The van der Waals surface area contributed by atoms with Gasteiger partial charge in [0.05, 0.1) is 0 Å². The highest BCUT2D eigenvalue weighted by Gasteiger charge is 1.79. The zero-order valence-electron chi connectivity index (χ0n) is 6.59. The first-order chi connectivity index (χ1) is 5.27. The van der Waals surface area contributed by atoms with Gasteiger partial charge in [0.2, 0.25) is 0 Å². The third-order valence-electron chi connectivity index (χ3n) is 0.892. The van der Waals surface area contributed by atoms with Crippen molar-refractivity contribution in [2.45, 2.75) is 25.9 Å². The second kappa shape index (κ2) is 7.15. The molecule has 0 saturated carbocycles. The van der Waals surface area contributed by atoms with Gasteiger partial charge in [-0.1, -0.05) is 11.8 Å². The lowest BCUT2D eigenvalue weighted by Gasteiger charge is -1.83. The molecule has 0 aliphatic rings. The predicted octanol–water partition coefficient (Wildman–Crippen LogP) is 0.146. The van der Waals surface area contributed by atoms with Crippen LogP contribution in [0, 0.1) is 23.7 Å². The van der Waals surface area contributed by atoms with Gasteiger partial charge < -0.3 is 10.2 Å². The van der Waals surface area contributed by atoms with E-state index in [1.54, 1.807) is 6.92 Å². The molecule has 0 amide bonds. The average molecular weight is 152 g/mol. The monoisotopic (exact) mass is 152 g/mol. The van der Waals surface area contributed by atoms with Crippen molar-refractivity contribution < 1.29 is 10.2 Å². The van der Waals surface area contributed by atoms with Crippen molar-refractivity contribution in [3.05, 3.63) is 0 Å². The van der Waals surface area contributed by atoms with Crippen LogP contribution < -0.4 is 0 Å². The maximum Gasteiger partial charge on any atom is 0.112 e. The van der Waals surface area contributed by atoms with Crippen molar-refractivity contribution in [2.24, 2.45) is 0 Å². The topological polar surface area (TPSA) is 40.5 Å². The van der Waals surface area contributed by atoms with Crippen molar-refractivity contribution >= 4 is 0 Å². The summed E-state index contributed by atoms with van der Waals surface area (Å²) in [5.41, 5.74) is 0. The summed E-state index contributed by atoms with van der Waals surface area (Å²) in [6, 6.07) is 0. The van der Waals surface area contributed by atoms with Crippen LogP contribution in [0.3, 0.4) is 0 Å². The predicted molar refractivity (Wildman–Crippen MR) is 43.6 cm³/mol. The summed E-state index contributed by atoms with van der Waals surface area (Å²) in [4.78, 5) is 0. The Kier molecular flexibility index (Phi) is 6.53. The average Bonchev–Trinajstić information content (AvgIpc) is 1.96. The molecule has 0 aliphatic carbocycles. The van der Waals surface area contributed by atoms with Crippen LogP contribution in [-0.4, -0.2) is 22.9 Å². The summed E-state index contributed by atoms with van der Waals surface area (Å²) in [5.74, 6) is 10.3. The molecule has 2 heteroatoms. The third kappa shape index (κ3) is 9.04. The van der Waals surface area contributed by atoms with Crippen LogP contribution in [-0.2, 0) is 0 Å². The molecule has 60 valence electrons. The van der Waals surface area contributed by atoms with Gasteiger partial charge in [0, 0.05) is 13.0 Å². The van der Waals surface area contributed by atoms with Crippen LogP contribution in [0.1, 0.15) is 19.8 Å². The molecule has 0 saturated heterocycles. The van der Waals surface area contributed by atoms with E-state index in [2.05, 4.69) is 23.7 Å². The smallest absolute Gasteiger partial charge is 0.112 e. The molecular weight excluding hydrogens is 140 g/mol. The van der Waals surface area contributed by atoms with E-state index in [0.29, 0.717) is 12.8 Å². The van der Waals surface area contributed by atoms with Gasteiger partial charge in [0.15, 0.2) is 0 Å². The van der Waals surface area contributed by atoms with E-state index in [-0.39, 0.29) is 6.61 Å². The Morgan fingerprint density at radius 1 is 1.36 bits per heavy atom. The lowest BCUT2D eigenvalue weighted by Crippen LogP contribution is -1.91. The van der Waals surface area contributed by atoms with Gasteiger partial charge in [-0.15, -0.1) is 0 Å². The highest BCUT2D eigenvalue weighted by atomic mass is 16.3. The van der Waals surface area contributed by atoms with Gasteiger partial charge in [-0.3, -0.25) is 0 Å². The van der Waals surface area contributed by atoms with Gasteiger partial charge in [-0.05, 0) is 25.2 Å². The molecule has 0 fully saturated rings. The molecule has 2 N–H and O–H groups in total. The minimum absolute atomic E-state index is 0.165. The van der Waals surface area contributed by atoms with Crippen LogP contribution in [0.5, 0.6) is 0 Å². The molecule has 1 atom stereocenters. The Balaban J connectivity index is 3.49. The standard InChI is InChI=1S/C9H12O2/c1-9(11)7-5-3-2-4-6-8-10/h9-11H,4,6,8H2,1H3. The summed E-state index contributed by atoms with van der Waals surface area (Å²) in [6.45, 7) is 1.75. The van der Waals surface area contributed by atoms with E-state index in [1.807, 2.05) is 0 Å². The summed E-state index contributed by atoms with van der Waals surface area (Å²) < 4.78 is 0. The fourth-order valence-corrected chi connectivity index (χ4v) is 0.415. The van der Waals surface area contributed by atoms with E-state index in [4.69, 9.17) is 10.2 Å². The van der Waals surface area contributed by atoms with Crippen LogP contribution in [0.15, 0.2) is 0 Å². The Bertz CT molecular complexity index is 197. The Morgan fingerprint density at radius 3 is 2.64 bits per heavy atom.